The maximum atomic E-state index is 12.8. The average Bonchev–Trinajstić information content (AvgIpc) is 3.31. The molecule has 0 spiro atoms. The predicted molar refractivity (Wildman–Crippen MR) is 117 cm³/mol. The molecule has 0 radical (unpaired) electrons. The number of nitrogens with one attached hydrogen (secondary N) is 2. The van der Waals surface area contributed by atoms with Gasteiger partial charge in [-0.05, 0) is 56.4 Å². The van der Waals surface area contributed by atoms with Crippen LogP contribution in [0.5, 0.6) is 0 Å². The molecule has 3 aliphatic rings. The minimum Gasteiger partial charge on any atom is -0.330 e. The molecule has 3 fully saturated rings. The van der Waals surface area contributed by atoms with Gasteiger partial charge in [0.05, 0.1) is 0 Å². The first-order valence-electron chi connectivity index (χ1n) is 11.5. The lowest BCUT2D eigenvalue weighted by Gasteiger charge is -2.35. The molecule has 2 aliphatic carbocycles. The highest BCUT2D eigenvalue weighted by atomic mass is 16.2. The van der Waals surface area contributed by atoms with Crippen molar-refractivity contribution in [3.63, 3.8) is 0 Å². The minimum atomic E-state index is -0.184. The van der Waals surface area contributed by atoms with Gasteiger partial charge in [0, 0.05) is 25.7 Å². The van der Waals surface area contributed by atoms with Gasteiger partial charge >= 0.3 is 0 Å². The third-order valence-electron chi connectivity index (χ3n) is 7.20. The summed E-state index contributed by atoms with van der Waals surface area (Å²) < 4.78 is 0. The number of benzene rings is 1. The molecule has 3 atom stereocenters. The van der Waals surface area contributed by atoms with Crippen LogP contribution < -0.4 is 5.32 Å². The van der Waals surface area contributed by atoms with Crippen LogP contribution in [0.4, 0.5) is 0 Å². The zero-order chi connectivity index (χ0) is 20.2. The lowest BCUT2D eigenvalue weighted by Crippen LogP contribution is -2.44. The zero-order valence-corrected chi connectivity index (χ0v) is 17.8. The standard InChI is InChI=1S/C24H36N4O/c1-27-23(29)22(15-14-18-8-3-2-4-9-18)28(24(27)25)17-19-10-7-13-21(16-19)26-20-11-5-6-12-20/h2-4,8-9,19-22,25-26H,5-7,10-17H2,1H3/t19-,21+,22+/m0/s1. The minimum absolute atomic E-state index is 0.0855. The lowest BCUT2D eigenvalue weighted by atomic mass is 9.84. The summed E-state index contributed by atoms with van der Waals surface area (Å²) >= 11 is 0. The Bertz CT molecular complexity index is 700. The molecule has 1 aromatic carbocycles. The quantitative estimate of drug-likeness (QED) is 0.737. The van der Waals surface area contributed by atoms with Crippen LogP contribution in [-0.2, 0) is 11.2 Å². The highest BCUT2D eigenvalue weighted by Crippen LogP contribution is 2.30. The van der Waals surface area contributed by atoms with E-state index in [1.807, 2.05) is 6.07 Å². The number of carbonyl (C=O) groups is 1. The molecular formula is C24H36N4O. The van der Waals surface area contributed by atoms with Gasteiger partial charge < -0.3 is 10.2 Å². The van der Waals surface area contributed by atoms with E-state index in [1.165, 1.54) is 56.9 Å². The first-order valence-corrected chi connectivity index (χ1v) is 11.5. The van der Waals surface area contributed by atoms with E-state index in [0.717, 1.165) is 25.4 Å². The van der Waals surface area contributed by atoms with E-state index in [9.17, 15) is 4.79 Å². The molecule has 0 bridgehead atoms. The maximum Gasteiger partial charge on any atom is 0.251 e. The maximum absolute atomic E-state index is 12.8. The average molecular weight is 397 g/mol. The van der Waals surface area contributed by atoms with Crippen molar-refractivity contribution in [2.24, 2.45) is 5.92 Å². The fourth-order valence-electron chi connectivity index (χ4n) is 5.55. The van der Waals surface area contributed by atoms with Gasteiger partial charge in [0.2, 0.25) is 5.96 Å². The van der Waals surface area contributed by atoms with Crippen molar-refractivity contribution in [2.75, 3.05) is 13.6 Å². The van der Waals surface area contributed by atoms with Crippen molar-refractivity contribution in [3.05, 3.63) is 35.9 Å². The normalized spacial score (nSPS) is 28.5. The fraction of sp³-hybridized carbons (Fsp3) is 0.667. The second-order valence-corrected chi connectivity index (χ2v) is 9.29. The molecule has 2 N–H and O–H groups in total. The number of aryl methyl sites for hydroxylation is 1. The van der Waals surface area contributed by atoms with Gasteiger partial charge in [-0.15, -0.1) is 0 Å². The number of likely N-dealkylation sites (N-methyl/N-ethyl adjacent to an activating group) is 1. The molecule has 2 saturated carbocycles. The van der Waals surface area contributed by atoms with E-state index in [0.29, 0.717) is 17.9 Å². The molecule has 4 rings (SSSR count). The largest absolute Gasteiger partial charge is 0.330 e. The second kappa shape index (κ2) is 9.29. The predicted octanol–water partition coefficient (Wildman–Crippen LogP) is 3.79. The number of nitrogens with zero attached hydrogens (tertiary/aromatic N) is 2. The first-order chi connectivity index (χ1) is 14.1. The summed E-state index contributed by atoms with van der Waals surface area (Å²) in [5, 5.41) is 12.4. The molecule has 5 nitrogen and oxygen atoms in total. The van der Waals surface area contributed by atoms with E-state index < -0.39 is 0 Å². The Kier molecular flexibility index (Phi) is 6.53. The SMILES string of the molecule is CN1C(=N)N(C[C@H]2CCC[C@@H](NC3CCCC3)C2)[C@H](CCc2ccccc2)C1=O. The fourth-order valence-corrected chi connectivity index (χ4v) is 5.55. The second-order valence-electron chi connectivity index (χ2n) is 9.29. The van der Waals surface area contributed by atoms with E-state index >= 15 is 0 Å². The first kappa shape index (κ1) is 20.4. The Morgan fingerprint density at radius 3 is 2.52 bits per heavy atom. The molecule has 5 heteroatoms. The van der Waals surface area contributed by atoms with Crippen molar-refractivity contribution in [1.29, 1.82) is 5.41 Å². The van der Waals surface area contributed by atoms with Gasteiger partial charge in [0.1, 0.15) is 6.04 Å². The smallest absolute Gasteiger partial charge is 0.251 e. The van der Waals surface area contributed by atoms with Crippen LogP contribution in [-0.4, -0.2) is 53.4 Å². The molecule has 1 aromatic rings. The Labute approximate surface area is 175 Å². The van der Waals surface area contributed by atoms with Crippen LogP contribution in [0.1, 0.15) is 63.4 Å². The molecule has 29 heavy (non-hydrogen) atoms. The van der Waals surface area contributed by atoms with E-state index in [-0.39, 0.29) is 11.9 Å². The zero-order valence-electron chi connectivity index (χ0n) is 17.8. The van der Waals surface area contributed by atoms with Crippen molar-refractivity contribution in [1.82, 2.24) is 15.1 Å². The molecule has 1 heterocycles. The van der Waals surface area contributed by atoms with E-state index in [2.05, 4.69) is 34.5 Å². The van der Waals surface area contributed by atoms with Gasteiger partial charge in [0.15, 0.2) is 0 Å². The Hall–Kier alpha value is -1.88. The van der Waals surface area contributed by atoms with E-state index in [4.69, 9.17) is 5.41 Å². The summed E-state index contributed by atoms with van der Waals surface area (Å²) in [6, 6.07) is 11.5. The third-order valence-corrected chi connectivity index (χ3v) is 7.20. The van der Waals surface area contributed by atoms with Crippen molar-refractivity contribution in [3.8, 4) is 0 Å². The number of carbonyl (C=O) groups excluding carboxylic acids is 1. The molecule has 1 amide bonds. The van der Waals surface area contributed by atoms with Gasteiger partial charge in [-0.25, -0.2) is 0 Å². The Morgan fingerprint density at radius 2 is 1.76 bits per heavy atom. The van der Waals surface area contributed by atoms with Crippen LogP contribution >= 0.6 is 0 Å². The topological polar surface area (TPSA) is 59.4 Å². The number of guanidine groups is 1. The van der Waals surface area contributed by atoms with Gasteiger partial charge in [-0.2, -0.15) is 0 Å². The number of hydrogen-bond acceptors (Lipinski definition) is 3. The third kappa shape index (κ3) is 4.82. The summed E-state index contributed by atoms with van der Waals surface area (Å²) in [6.45, 7) is 0.844. The molecular weight excluding hydrogens is 360 g/mol. The summed E-state index contributed by atoms with van der Waals surface area (Å²) in [6.07, 6.45) is 12.0. The van der Waals surface area contributed by atoms with Crippen LogP contribution in [0, 0.1) is 11.3 Å². The Morgan fingerprint density at radius 1 is 1.03 bits per heavy atom. The summed E-state index contributed by atoms with van der Waals surface area (Å²) in [5.74, 6) is 1.04. The number of hydrogen-bond donors (Lipinski definition) is 2. The number of rotatable bonds is 7. The van der Waals surface area contributed by atoms with Crippen LogP contribution in [0.3, 0.4) is 0 Å². The monoisotopic (exact) mass is 396 g/mol. The molecule has 1 saturated heterocycles. The van der Waals surface area contributed by atoms with Gasteiger partial charge in [-0.3, -0.25) is 15.1 Å². The van der Waals surface area contributed by atoms with Crippen molar-refractivity contribution >= 4 is 11.9 Å². The number of amides is 1. The summed E-state index contributed by atoms with van der Waals surface area (Å²) in [7, 11) is 1.76. The van der Waals surface area contributed by atoms with Crippen LogP contribution in [0.15, 0.2) is 30.3 Å². The lowest BCUT2D eigenvalue weighted by molar-refractivity contribution is -0.127. The molecule has 158 valence electrons. The Balaban J connectivity index is 1.36. The molecule has 1 aliphatic heterocycles. The van der Waals surface area contributed by atoms with E-state index in [1.54, 1.807) is 11.9 Å². The van der Waals surface area contributed by atoms with Gasteiger partial charge in [-0.1, -0.05) is 49.6 Å². The van der Waals surface area contributed by atoms with Gasteiger partial charge in [0.25, 0.3) is 5.91 Å². The van der Waals surface area contributed by atoms with Crippen LogP contribution in [0.2, 0.25) is 0 Å². The molecule has 0 unspecified atom stereocenters. The van der Waals surface area contributed by atoms with Crippen LogP contribution in [0.25, 0.3) is 0 Å². The van der Waals surface area contributed by atoms with Crippen molar-refractivity contribution < 1.29 is 4.79 Å². The van der Waals surface area contributed by atoms with Crippen molar-refractivity contribution in [2.45, 2.75) is 82.3 Å². The highest BCUT2D eigenvalue weighted by Gasteiger charge is 2.41. The highest BCUT2D eigenvalue weighted by molar-refractivity contribution is 6.04. The molecule has 0 aromatic heterocycles. The summed E-state index contributed by atoms with van der Waals surface area (Å²) in [5.41, 5.74) is 1.26. The summed E-state index contributed by atoms with van der Waals surface area (Å²) in [4.78, 5) is 16.5.